The summed E-state index contributed by atoms with van der Waals surface area (Å²) in [6.45, 7) is 7.12. The number of rotatable bonds is 6. The Bertz CT molecular complexity index is 309. The highest BCUT2D eigenvalue weighted by atomic mass is 16.2. The smallest absolute Gasteiger partial charge is 0.236 e. The average Bonchev–Trinajstić information content (AvgIpc) is 2.55. The molecule has 1 saturated carbocycles. The number of piperidine rings is 1. The summed E-state index contributed by atoms with van der Waals surface area (Å²) >= 11 is 0. The van der Waals surface area contributed by atoms with Crippen molar-refractivity contribution in [1.82, 2.24) is 15.1 Å². The van der Waals surface area contributed by atoms with Crippen LogP contribution in [0.1, 0.15) is 51.9 Å². The molecule has 1 aliphatic carbocycles. The topological polar surface area (TPSA) is 35.6 Å². The standard InChI is InChI=1S/C17H33N3O/c1-3-20(13-15-9-11-18-12-10-15)14-17(21)19(2)16-7-5-4-6-8-16/h15-16,18H,3-14H2,1-2H3. The predicted molar refractivity (Wildman–Crippen MR) is 87.4 cm³/mol. The summed E-state index contributed by atoms with van der Waals surface area (Å²) in [5, 5.41) is 3.41. The van der Waals surface area contributed by atoms with Crippen LogP contribution in [0.2, 0.25) is 0 Å². The van der Waals surface area contributed by atoms with E-state index < -0.39 is 0 Å². The minimum atomic E-state index is 0.317. The Morgan fingerprint density at radius 3 is 2.38 bits per heavy atom. The van der Waals surface area contributed by atoms with E-state index in [0.29, 0.717) is 18.5 Å². The molecular formula is C17H33N3O. The molecule has 0 radical (unpaired) electrons. The van der Waals surface area contributed by atoms with E-state index in [4.69, 9.17) is 0 Å². The van der Waals surface area contributed by atoms with Crippen molar-refractivity contribution in [2.24, 2.45) is 5.92 Å². The van der Waals surface area contributed by atoms with E-state index in [1.807, 2.05) is 11.9 Å². The second-order valence-corrected chi connectivity index (χ2v) is 6.82. The molecule has 1 saturated heterocycles. The minimum Gasteiger partial charge on any atom is -0.342 e. The fraction of sp³-hybridized carbons (Fsp3) is 0.941. The molecule has 2 aliphatic rings. The van der Waals surface area contributed by atoms with Gasteiger partial charge < -0.3 is 10.2 Å². The monoisotopic (exact) mass is 295 g/mol. The van der Waals surface area contributed by atoms with Crippen LogP contribution in [0, 0.1) is 5.92 Å². The first-order valence-corrected chi connectivity index (χ1v) is 8.89. The SMILES string of the molecule is CCN(CC(=O)N(C)C1CCCCC1)CC1CCNCC1. The zero-order valence-corrected chi connectivity index (χ0v) is 13.9. The van der Waals surface area contributed by atoms with Gasteiger partial charge in [-0.3, -0.25) is 9.69 Å². The van der Waals surface area contributed by atoms with E-state index in [1.54, 1.807) is 0 Å². The number of likely N-dealkylation sites (N-methyl/N-ethyl adjacent to an activating group) is 2. The number of nitrogens with one attached hydrogen (secondary N) is 1. The predicted octanol–water partition coefficient (Wildman–Crippen LogP) is 2.10. The fourth-order valence-electron chi connectivity index (χ4n) is 3.71. The Labute approximate surface area is 130 Å². The molecule has 21 heavy (non-hydrogen) atoms. The molecule has 1 amide bonds. The van der Waals surface area contributed by atoms with Gasteiger partial charge in [-0.15, -0.1) is 0 Å². The van der Waals surface area contributed by atoms with Crippen LogP contribution in [0.4, 0.5) is 0 Å². The van der Waals surface area contributed by atoms with Crippen LogP contribution < -0.4 is 5.32 Å². The van der Waals surface area contributed by atoms with Crippen LogP contribution in [0.25, 0.3) is 0 Å². The molecular weight excluding hydrogens is 262 g/mol. The summed E-state index contributed by atoms with van der Waals surface area (Å²) in [5.41, 5.74) is 0. The lowest BCUT2D eigenvalue weighted by molar-refractivity contribution is -0.133. The number of hydrogen-bond donors (Lipinski definition) is 1. The summed E-state index contributed by atoms with van der Waals surface area (Å²) in [7, 11) is 2.01. The van der Waals surface area contributed by atoms with Crippen LogP contribution in [-0.2, 0) is 4.79 Å². The molecule has 0 unspecified atom stereocenters. The van der Waals surface area contributed by atoms with Gasteiger partial charge in [0.2, 0.25) is 5.91 Å². The molecule has 0 aromatic carbocycles. The molecule has 122 valence electrons. The van der Waals surface area contributed by atoms with Gasteiger partial charge in [0, 0.05) is 19.6 Å². The summed E-state index contributed by atoms with van der Waals surface area (Å²) in [4.78, 5) is 16.9. The van der Waals surface area contributed by atoms with Crippen LogP contribution in [0.3, 0.4) is 0 Å². The lowest BCUT2D eigenvalue weighted by atomic mass is 9.94. The highest BCUT2D eigenvalue weighted by molar-refractivity contribution is 5.78. The van der Waals surface area contributed by atoms with Gasteiger partial charge in [0.25, 0.3) is 0 Å². The second-order valence-electron chi connectivity index (χ2n) is 6.82. The Morgan fingerprint density at radius 2 is 1.76 bits per heavy atom. The van der Waals surface area contributed by atoms with Gasteiger partial charge in [-0.25, -0.2) is 0 Å². The van der Waals surface area contributed by atoms with Crippen LogP contribution in [-0.4, -0.2) is 61.5 Å². The average molecular weight is 295 g/mol. The third-order valence-corrected chi connectivity index (χ3v) is 5.30. The minimum absolute atomic E-state index is 0.317. The zero-order valence-electron chi connectivity index (χ0n) is 13.9. The molecule has 4 nitrogen and oxygen atoms in total. The molecule has 2 rings (SSSR count). The fourth-order valence-corrected chi connectivity index (χ4v) is 3.71. The number of nitrogens with zero attached hydrogens (tertiary/aromatic N) is 2. The van der Waals surface area contributed by atoms with Gasteiger partial charge in [-0.1, -0.05) is 26.2 Å². The first kappa shape index (κ1) is 16.8. The van der Waals surface area contributed by atoms with Gasteiger partial charge >= 0.3 is 0 Å². The third kappa shape index (κ3) is 5.26. The Kier molecular flexibility index (Phi) is 6.97. The van der Waals surface area contributed by atoms with Crippen LogP contribution >= 0.6 is 0 Å². The Balaban J connectivity index is 1.77. The molecule has 4 heteroatoms. The van der Waals surface area contributed by atoms with Crippen LogP contribution in [0.15, 0.2) is 0 Å². The normalized spacial score (nSPS) is 21.7. The van der Waals surface area contributed by atoms with Gasteiger partial charge in [0.1, 0.15) is 0 Å². The van der Waals surface area contributed by atoms with E-state index in [9.17, 15) is 4.79 Å². The molecule has 0 spiro atoms. The molecule has 0 atom stereocenters. The van der Waals surface area contributed by atoms with Crippen molar-refractivity contribution in [1.29, 1.82) is 0 Å². The third-order valence-electron chi connectivity index (χ3n) is 5.30. The van der Waals surface area contributed by atoms with E-state index in [1.165, 1.54) is 44.9 Å². The summed E-state index contributed by atoms with van der Waals surface area (Å²) in [6.07, 6.45) is 8.82. The Hall–Kier alpha value is -0.610. The number of amides is 1. The summed E-state index contributed by atoms with van der Waals surface area (Å²) in [5.74, 6) is 1.08. The second kappa shape index (κ2) is 8.74. The maximum atomic E-state index is 12.5. The van der Waals surface area contributed by atoms with Crippen molar-refractivity contribution < 1.29 is 4.79 Å². The number of carbonyl (C=O) groups excluding carboxylic acids is 1. The molecule has 2 fully saturated rings. The van der Waals surface area contributed by atoms with Crippen molar-refractivity contribution >= 4 is 5.91 Å². The van der Waals surface area contributed by atoms with E-state index in [-0.39, 0.29) is 0 Å². The maximum Gasteiger partial charge on any atom is 0.236 e. The van der Waals surface area contributed by atoms with E-state index in [2.05, 4.69) is 17.1 Å². The molecule has 1 N–H and O–H groups in total. The van der Waals surface area contributed by atoms with Crippen LogP contribution in [0.5, 0.6) is 0 Å². The van der Waals surface area contributed by atoms with Gasteiger partial charge in [0.15, 0.2) is 0 Å². The molecule has 0 aromatic heterocycles. The molecule has 1 heterocycles. The number of hydrogen-bond acceptors (Lipinski definition) is 3. The first-order chi connectivity index (χ1) is 10.2. The number of carbonyl (C=O) groups is 1. The summed E-state index contributed by atoms with van der Waals surface area (Å²) in [6, 6.07) is 0.490. The van der Waals surface area contributed by atoms with E-state index >= 15 is 0 Å². The van der Waals surface area contributed by atoms with Crippen molar-refractivity contribution in [3.63, 3.8) is 0 Å². The van der Waals surface area contributed by atoms with Crippen molar-refractivity contribution in [2.75, 3.05) is 39.8 Å². The molecule has 0 aromatic rings. The quantitative estimate of drug-likeness (QED) is 0.815. The maximum absolute atomic E-state index is 12.5. The zero-order chi connectivity index (χ0) is 15.1. The molecule has 1 aliphatic heterocycles. The molecule has 0 bridgehead atoms. The highest BCUT2D eigenvalue weighted by Crippen LogP contribution is 2.22. The lowest BCUT2D eigenvalue weighted by Crippen LogP contribution is -2.45. The van der Waals surface area contributed by atoms with Gasteiger partial charge in [0.05, 0.1) is 6.54 Å². The largest absolute Gasteiger partial charge is 0.342 e. The van der Waals surface area contributed by atoms with Crippen molar-refractivity contribution in [3.8, 4) is 0 Å². The summed E-state index contributed by atoms with van der Waals surface area (Å²) < 4.78 is 0. The van der Waals surface area contributed by atoms with Crippen molar-refractivity contribution in [3.05, 3.63) is 0 Å². The first-order valence-electron chi connectivity index (χ1n) is 8.89. The lowest BCUT2D eigenvalue weighted by Gasteiger charge is -2.34. The van der Waals surface area contributed by atoms with Gasteiger partial charge in [-0.2, -0.15) is 0 Å². The Morgan fingerprint density at radius 1 is 1.10 bits per heavy atom. The van der Waals surface area contributed by atoms with E-state index in [0.717, 1.165) is 32.1 Å². The highest BCUT2D eigenvalue weighted by Gasteiger charge is 2.24. The van der Waals surface area contributed by atoms with Gasteiger partial charge in [-0.05, 0) is 51.2 Å². The van der Waals surface area contributed by atoms with Crippen molar-refractivity contribution in [2.45, 2.75) is 57.9 Å².